The summed E-state index contributed by atoms with van der Waals surface area (Å²) in [6.45, 7) is 1.18. The Hall–Kier alpha value is -5.51. The fourth-order valence-corrected chi connectivity index (χ4v) is 7.54. The molecule has 6 aromatic rings. The van der Waals surface area contributed by atoms with Gasteiger partial charge in [0, 0.05) is 58.4 Å². The number of carboxylic acid groups (broad SMARTS) is 1. The van der Waals surface area contributed by atoms with Crippen LogP contribution < -0.4 is 9.80 Å². The van der Waals surface area contributed by atoms with Gasteiger partial charge in [-0.2, -0.15) is 26.3 Å². The number of pyridine rings is 2. The van der Waals surface area contributed by atoms with Gasteiger partial charge >= 0.3 is 18.3 Å². The summed E-state index contributed by atoms with van der Waals surface area (Å²) in [5, 5.41) is 29.2. The fraction of sp³-hybridized carbons (Fsp3) is 0.205. The Kier molecular flexibility index (Phi) is 14.2. The number of carbonyl (C=O) groups is 3. The molecule has 0 bridgehead atoms. The second kappa shape index (κ2) is 18.6. The lowest BCUT2D eigenvalue weighted by molar-refractivity contribution is -0.257. The summed E-state index contributed by atoms with van der Waals surface area (Å²) >= 11 is 13.1. The molecule has 2 aromatic carbocycles. The van der Waals surface area contributed by atoms with E-state index in [0.717, 1.165) is 22.9 Å². The first-order valence-electron chi connectivity index (χ1n) is 17.2. The monoisotopic (exact) mass is 926 g/mol. The van der Waals surface area contributed by atoms with Crippen molar-refractivity contribution in [1.82, 2.24) is 19.9 Å². The first-order chi connectivity index (χ1) is 28.5. The number of hydrogen-bond donors (Lipinski definition) is 3. The van der Waals surface area contributed by atoms with Crippen molar-refractivity contribution in [3.63, 3.8) is 0 Å². The summed E-state index contributed by atoms with van der Waals surface area (Å²) < 4.78 is 79.2. The number of aromatic carboxylic acids is 1. The van der Waals surface area contributed by atoms with Gasteiger partial charge in [0.25, 0.3) is 11.8 Å². The van der Waals surface area contributed by atoms with Gasteiger partial charge in [-0.05, 0) is 79.6 Å². The van der Waals surface area contributed by atoms with Gasteiger partial charge in [0.15, 0.2) is 21.5 Å². The smallest absolute Gasteiger partial charge is 0.422 e. The number of rotatable bonds is 11. The van der Waals surface area contributed by atoms with E-state index in [1.165, 1.54) is 71.9 Å². The zero-order valence-electron chi connectivity index (χ0n) is 31.3. The quantitative estimate of drug-likeness (QED) is 0.106. The molecule has 4 aromatic heterocycles. The van der Waals surface area contributed by atoms with Gasteiger partial charge in [-0.1, -0.05) is 58.0 Å². The third-order valence-corrected chi connectivity index (χ3v) is 11.6. The SMILES string of the molecule is CC(O)(c1cnc(N(Cc2ccc(C(=O)O)cc2)C(=O)c2cc(Cl)cc(Cl)c2)s1)C(F)(F)F.CC(O)(c1cnc(N(Cc2ccncc2)C(=O)c2ccncc2)s1)C(F)(F)F. The molecule has 0 saturated heterocycles. The van der Waals surface area contributed by atoms with Crippen molar-refractivity contribution in [2.75, 3.05) is 9.80 Å². The third kappa shape index (κ3) is 11.1. The van der Waals surface area contributed by atoms with E-state index in [1.54, 1.807) is 24.5 Å². The Morgan fingerprint density at radius 2 is 1.00 bits per heavy atom. The Morgan fingerprint density at radius 1 is 0.607 bits per heavy atom. The second-order valence-corrected chi connectivity index (χ2v) is 16.1. The van der Waals surface area contributed by atoms with Crippen LogP contribution in [-0.2, 0) is 24.3 Å². The number of benzene rings is 2. The van der Waals surface area contributed by atoms with Gasteiger partial charge in [0.2, 0.25) is 0 Å². The number of carbonyl (C=O) groups excluding carboxylic acids is 2. The average Bonchev–Trinajstić information content (AvgIpc) is 3.91. The van der Waals surface area contributed by atoms with Crippen LogP contribution in [0.5, 0.6) is 0 Å². The number of aliphatic hydroxyl groups is 2. The molecule has 12 nitrogen and oxygen atoms in total. The molecule has 4 heterocycles. The Balaban J connectivity index is 0.000000234. The van der Waals surface area contributed by atoms with Crippen LogP contribution in [0.3, 0.4) is 0 Å². The molecule has 0 saturated carbocycles. The maximum Gasteiger partial charge on any atom is 0.422 e. The fourth-order valence-electron chi connectivity index (χ4n) is 5.05. The minimum Gasteiger partial charge on any atom is -0.478 e. The van der Waals surface area contributed by atoms with Gasteiger partial charge in [-0.15, -0.1) is 0 Å². The number of thiazole rings is 2. The summed E-state index contributed by atoms with van der Waals surface area (Å²) in [6.07, 6.45) is -2.06. The van der Waals surface area contributed by atoms with Crippen molar-refractivity contribution in [2.24, 2.45) is 0 Å². The summed E-state index contributed by atoms with van der Waals surface area (Å²) in [5.74, 6) is -2.25. The van der Waals surface area contributed by atoms with E-state index >= 15 is 0 Å². The van der Waals surface area contributed by atoms with Crippen molar-refractivity contribution in [1.29, 1.82) is 0 Å². The van der Waals surface area contributed by atoms with Gasteiger partial charge in [0.05, 0.1) is 28.4 Å². The predicted molar refractivity (Wildman–Crippen MR) is 215 cm³/mol. The zero-order valence-corrected chi connectivity index (χ0v) is 34.5. The molecule has 6 rings (SSSR count). The third-order valence-electron chi connectivity index (χ3n) is 8.67. The van der Waals surface area contributed by atoms with Crippen LogP contribution in [0.4, 0.5) is 36.6 Å². The molecule has 0 spiro atoms. The highest BCUT2D eigenvalue weighted by Crippen LogP contribution is 2.44. The van der Waals surface area contributed by atoms with Gasteiger partial charge in [-0.25, -0.2) is 14.8 Å². The Morgan fingerprint density at radius 3 is 1.41 bits per heavy atom. The van der Waals surface area contributed by atoms with E-state index < -0.39 is 51.1 Å². The lowest BCUT2D eigenvalue weighted by atomic mass is 10.1. The molecule has 320 valence electrons. The second-order valence-electron chi connectivity index (χ2n) is 13.2. The minimum atomic E-state index is -4.96. The lowest BCUT2D eigenvalue weighted by Gasteiger charge is -2.24. The van der Waals surface area contributed by atoms with Crippen molar-refractivity contribution in [3.05, 3.63) is 152 Å². The number of amides is 2. The maximum atomic E-state index is 13.3. The van der Waals surface area contributed by atoms with Gasteiger partial charge < -0.3 is 15.3 Å². The summed E-state index contributed by atoms with van der Waals surface area (Å²) in [6, 6.07) is 16.1. The number of carboxylic acids is 1. The molecule has 0 aliphatic rings. The van der Waals surface area contributed by atoms with Crippen LogP contribution in [0.25, 0.3) is 0 Å². The normalized spacial score (nSPS) is 13.6. The van der Waals surface area contributed by atoms with Crippen LogP contribution in [0, 0.1) is 0 Å². The van der Waals surface area contributed by atoms with Crippen molar-refractivity contribution >= 4 is 73.9 Å². The summed E-state index contributed by atoms with van der Waals surface area (Å²) in [5.41, 5.74) is -4.63. The minimum absolute atomic E-state index is 0.0241. The number of anilines is 2. The van der Waals surface area contributed by atoms with Crippen molar-refractivity contribution < 1.29 is 56.0 Å². The van der Waals surface area contributed by atoms with Crippen LogP contribution in [0.15, 0.2) is 104 Å². The average molecular weight is 928 g/mol. The highest BCUT2D eigenvalue weighted by atomic mass is 35.5. The van der Waals surface area contributed by atoms with Crippen LogP contribution in [0.2, 0.25) is 10.0 Å². The van der Waals surface area contributed by atoms with Crippen LogP contribution in [-0.4, -0.2) is 65.4 Å². The first kappa shape index (κ1) is 46.6. The molecule has 0 radical (unpaired) electrons. The zero-order chi connectivity index (χ0) is 44.9. The standard InChI is InChI=1S/C21H15Cl2F3N2O4S.C18H15F3N4O2S/c1-20(32,21(24,25)26)16-9-27-19(33-16)28(10-11-2-4-12(5-3-11)18(30)31)17(29)13-6-14(22)8-15(23)7-13;1-17(27,18(19,20)21)14-10-24-16(28-14)25(11-12-2-6-22-7-3-12)15(26)13-4-8-23-9-5-13/h2-9,32H,10H2,1H3,(H,30,31);2-10,27H,11H2,1H3. The molecule has 3 N–H and O–H groups in total. The highest BCUT2D eigenvalue weighted by molar-refractivity contribution is 7.16. The number of hydrogen-bond acceptors (Lipinski definition) is 11. The molecule has 22 heteroatoms. The predicted octanol–water partition coefficient (Wildman–Crippen LogP) is 9.31. The highest BCUT2D eigenvalue weighted by Gasteiger charge is 2.53. The maximum absolute atomic E-state index is 13.3. The lowest BCUT2D eigenvalue weighted by Crippen LogP contribution is -2.38. The van der Waals surface area contributed by atoms with E-state index in [2.05, 4.69) is 19.9 Å². The largest absolute Gasteiger partial charge is 0.478 e. The van der Waals surface area contributed by atoms with Crippen molar-refractivity contribution in [3.8, 4) is 0 Å². The number of alkyl halides is 6. The first-order valence-corrected chi connectivity index (χ1v) is 19.6. The van der Waals surface area contributed by atoms with Gasteiger partial charge in [-0.3, -0.25) is 29.4 Å². The molecule has 0 aliphatic carbocycles. The van der Waals surface area contributed by atoms with Gasteiger partial charge in [0.1, 0.15) is 0 Å². The molecule has 0 aliphatic heterocycles. The molecule has 2 amide bonds. The van der Waals surface area contributed by atoms with Crippen molar-refractivity contribution in [2.45, 2.75) is 50.5 Å². The van der Waals surface area contributed by atoms with E-state index in [0.29, 0.717) is 47.6 Å². The molecule has 61 heavy (non-hydrogen) atoms. The molecular weight excluding hydrogens is 897 g/mol. The van der Waals surface area contributed by atoms with Crippen LogP contribution >= 0.6 is 45.9 Å². The van der Waals surface area contributed by atoms with E-state index in [1.807, 2.05) is 0 Å². The van der Waals surface area contributed by atoms with E-state index in [9.17, 15) is 50.9 Å². The number of aromatic nitrogens is 4. The Labute approximate surface area is 360 Å². The topological polar surface area (TPSA) is 170 Å². The number of halogens is 8. The summed E-state index contributed by atoms with van der Waals surface area (Å²) in [4.78, 5) is 54.4. The molecular formula is C39H30Cl2F6N6O6S2. The van der Waals surface area contributed by atoms with E-state index in [-0.39, 0.29) is 44.5 Å². The molecule has 2 unspecified atom stereocenters. The van der Waals surface area contributed by atoms with Crippen LogP contribution in [0.1, 0.15) is 65.8 Å². The summed E-state index contributed by atoms with van der Waals surface area (Å²) in [7, 11) is 0. The Bertz CT molecular complexity index is 2470. The molecule has 2 atom stereocenters. The van der Waals surface area contributed by atoms with E-state index in [4.69, 9.17) is 28.3 Å². The molecule has 0 fully saturated rings. The number of nitrogens with zero attached hydrogens (tertiary/aromatic N) is 6.